The van der Waals surface area contributed by atoms with E-state index in [1.165, 1.54) is 143 Å². The molecule has 51 heavy (non-hydrogen) atoms. The second kappa shape index (κ2) is 17.2. The summed E-state index contributed by atoms with van der Waals surface area (Å²) in [4.78, 5) is 5.42. The summed E-state index contributed by atoms with van der Waals surface area (Å²) in [7, 11) is 0. The molecule has 1 aliphatic carbocycles. The summed E-state index contributed by atoms with van der Waals surface area (Å²) in [5.74, 6) is 0. The van der Waals surface area contributed by atoms with Gasteiger partial charge < -0.3 is 0 Å². The quantitative estimate of drug-likeness (QED) is 0.0781. The first kappa shape index (κ1) is 35.7. The Labute approximate surface area is 315 Å². The SMILES string of the molecule is CCCCCCCCC1(CCCCCCCC)c2cc(-c3ccc(-c4ccccc4)s3)ccc2-c2ccc(-c3ccc(-c4ccccc4)s3)cc21. The minimum atomic E-state index is 0.0469. The van der Waals surface area contributed by atoms with Crippen molar-refractivity contribution < 1.29 is 0 Å². The van der Waals surface area contributed by atoms with Gasteiger partial charge in [-0.3, -0.25) is 0 Å². The van der Waals surface area contributed by atoms with Gasteiger partial charge in [0.05, 0.1) is 0 Å². The summed E-state index contributed by atoms with van der Waals surface area (Å²) in [6, 6.07) is 46.0. The first-order valence-electron chi connectivity index (χ1n) is 19.8. The van der Waals surface area contributed by atoms with E-state index < -0.39 is 0 Å². The van der Waals surface area contributed by atoms with Crippen molar-refractivity contribution in [1.82, 2.24) is 0 Å². The van der Waals surface area contributed by atoms with E-state index in [1.54, 1.807) is 11.1 Å². The topological polar surface area (TPSA) is 0 Å². The molecule has 0 unspecified atom stereocenters. The Morgan fingerprint density at radius 2 is 0.745 bits per heavy atom. The van der Waals surface area contributed by atoms with E-state index in [0.717, 1.165) is 0 Å². The fourth-order valence-corrected chi connectivity index (χ4v) is 10.4. The smallest absolute Gasteiger partial charge is 0.0349 e. The van der Waals surface area contributed by atoms with Gasteiger partial charge in [-0.1, -0.05) is 176 Å². The van der Waals surface area contributed by atoms with Crippen LogP contribution in [0.3, 0.4) is 0 Å². The molecular formula is C49H54S2. The van der Waals surface area contributed by atoms with Gasteiger partial charge in [-0.15, -0.1) is 22.7 Å². The third-order valence-electron chi connectivity index (χ3n) is 11.2. The fraction of sp³-hybridized carbons (Fsp3) is 0.347. The van der Waals surface area contributed by atoms with Crippen molar-refractivity contribution in [2.45, 2.75) is 109 Å². The standard InChI is InChI=1S/C49H54S2/c1-3-5-7-9-11-19-33-49(34-20-12-10-8-6-4-2)43-35-39(47-31-29-45(50-47)37-21-15-13-16-22-37)25-27-41(43)42-28-26-40(36-44(42)49)48-32-30-46(51-48)38-23-17-14-18-24-38/h13-18,21-32,35-36H,3-12,19-20,33-34H2,1-2H3. The predicted octanol–water partition coefficient (Wildman–Crippen LogP) is 16.2. The van der Waals surface area contributed by atoms with E-state index in [2.05, 4.69) is 135 Å². The van der Waals surface area contributed by atoms with E-state index in [0.29, 0.717) is 0 Å². The van der Waals surface area contributed by atoms with Crippen molar-refractivity contribution in [3.8, 4) is 52.9 Å². The summed E-state index contributed by atoms with van der Waals surface area (Å²) in [5, 5.41) is 0. The largest absolute Gasteiger partial charge is 0.135 e. The lowest BCUT2D eigenvalue weighted by molar-refractivity contribution is 0.398. The number of rotatable bonds is 18. The third kappa shape index (κ3) is 8.03. The number of thiophene rings is 2. The molecule has 0 bridgehead atoms. The third-order valence-corrected chi connectivity index (χ3v) is 13.5. The fourth-order valence-electron chi connectivity index (χ4n) is 8.38. The lowest BCUT2D eigenvalue weighted by Gasteiger charge is -2.33. The average molecular weight is 707 g/mol. The monoisotopic (exact) mass is 706 g/mol. The Bertz CT molecular complexity index is 1830. The van der Waals surface area contributed by atoms with Gasteiger partial charge in [0.1, 0.15) is 0 Å². The first-order chi connectivity index (χ1) is 25.2. The Morgan fingerprint density at radius 1 is 0.373 bits per heavy atom. The van der Waals surface area contributed by atoms with Crippen LogP contribution in [0.2, 0.25) is 0 Å². The normalized spacial score (nSPS) is 13.0. The summed E-state index contributed by atoms with van der Waals surface area (Å²) in [6.45, 7) is 4.65. The van der Waals surface area contributed by atoms with Crippen LogP contribution in [0.4, 0.5) is 0 Å². The zero-order valence-electron chi connectivity index (χ0n) is 30.8. The average Bonchev–Trinajstić information content (AvgIpc) is 3.94. The van der Waals surface area contributed by atoms with Crippen LogP contribution in [-0.2, 0) is 5.41 Å². The van der Waals surface area contributed by atoms with Gasteiger partial charge in [-0.2, -0.15) is 0 Å². The minimum absolute atomic E-state index is 0.0469. The number of benzene rings is 4. The van der Waals surface area contributed by atoms with Crippen LogP contribution < -0.4 is 0 Å². The van der Waals surface area contributed by atoms with Gasteiger partial charge >= 0.3 is 0 Å². The molecule has 1 aliphatic rings. The van der Waals surface area contributed by atoms with E-state index >= 15 is 0 Å². The molecule has 0 saturated heterocycles. The maximum Gasteiger partial charge on any atom is 0.0349 e. The molecule has 0 spiro atoms. The molecule has 0 N–H and O–H groups in total. The maximum atomic E-state index is 2.61. The summed E-state index contributed by atoms with van der Waals surface area (Å²) < 4.78 is 0. The van der Waals surface area contributed by atoms with Gasteiger partial charge in [-0.25, -0.2) is 0 Å². The van der Waals surface area contributed by atoms with E-state index in [-0.39, 0.29) is 5.41 Å². The highest BCUT2D eigenvalue weighted by Gasteiger charge is 2.42. The second-order valence-electron chi connectivity index (χ2n) is 14.7. The molecule has 2 aromatic heterocycles. The molecule has 7 rings (SSSR count). The molecule has 0 atom stereocenters. The van der Waals surface area contributed by atoms with Crippen LogP contribution in [0.1, 0.15) is 115 Å². The molecule has 2 heterocycles. The number of hydrogen-bond acceptors (Lipinski definition) is 2. The lowest BCUT2D eigenvalue weighted by atomic mass is 9.70. The Morgan fingerprint density at radius 3 is 1.16 bits per heavy atom. The highest BCUT2D eigenvalue weighted by molar-refractivity contribution is 7.19. The molecule has 0 aliphatic heterocycles. The Hall–Kier alpha value is -3.72. The Kier molecular flexibility index (Phi) is 12.0. The molecule has 262 valence electrons. The molecule has 0 nitrogen and oxygen atoms in total. The molecule has 0 amide bonds. The highest BCUT2D eigenvalue weighted by Crippen LogP contribution is 2.56. The Balaban J connectivity index is 1.28. The molecule has 0 saturated carbocycles. The molecule has 6 aromatic rings. The van der Waals surface area contributed by atoms with E-state index in [4.69, 9.17) is 0 Å². The summed E-state index contributed by atoms with van der Waals surface area (Å²) >= 11 is 3.86. The number of fused-ring (bicyclic) bond motifs is 3. The molecule has 0 fully saturated rings. The number of hydrogen-bond donors (Lipinski definition) is 0. The van der Waals surface area contributed by atoms with Crippen molar-refractivity contribution in [3.05, 3.63) is 132 Å². The summed E-state index contributed by atoms with van der Waals surface area (Å²) in [5.41, 5.74) is 11.5. The van der Waals surface area contributed by atoms with Gasteiger partial charge in [0.25, 0.3) is 0 Å². The van der Waals surface area contributed by atoms with Gasteiger partial charge in [0.15, 0.2) is 0 Å². The van der Waals surface area contributed by atoms with Crippen molar-refractivity contribution >= 4 is 22.7 Å². The van der Waals surface area contributed by atoms with Gasteiger partial charge in [0.2, 0.25) is 0 Å². The van der Waals surface area contributed by atoms with Gasteiger partial charge in [0, 0.05) is 24.9 Å². The first-order valence-corrected chi connectivity index (χ1v) is 21.4. The van der Waals surface area contributed by atoms with Crippen molar-refractivity contribution in [1.29, 1.82) is 0 Å². The molecule has 0 radical (unpaired) electrons. The highest BCUT2D eigenvalue weighted by atomic mass is 32.1. The van der Waals surface area contributed by atoms with Crippen LogP contribution in [-0.4, -0.2) is 0 Å². The van der Waals surface area contributed by atoms with Crippen LogP contribution in [0.15, 0.2) is 121 Å². The van der Waals surface area contributed by atoms with Crippen LogP contribution in [0, 0.1) is 0 Å². The lowest BCUT2D eigenvalue weighted by Crippen LogP contribution is -2.25. The predicted molar refractivity (Wildman–Crippen MR) is 226 cm³/mol. The molecular weight excluding hydrogens is 653 g/mol. The van der Waals surface area contributed by atoms with Crippen LogP contribution >= 0.6 is 22.7 Å². The van der Waals surface area contributed by atoms with Crippen molar-refractivity contribution in [2.24, 2.45) is 0 Å². The zero-order chi connectivity index (χ0) is 34.9. The van der Waals surface area contributed by atoms with E-state index in [1.807, 2.05) is 22.7 Å². The molecule has 2 heteroatoms. The molecule has 4 aromatic carbocycles. The second-order valence-corrected chi connectivity index (χ2v) is 16.9. The minimum Gasteiger partial charge on any atom is -0.135 e. The summed E-state index contributed by atoms with van der Waals surface area (Å²) in [6.07, 6.45) is 18.5. The van der Waals surface area contributed by atoms with E-state index in [9.17, 15) is 0 Å². The number of unbranched alkanes of at least 4 members (excludes halogenated alkanes) is 10. The van der Waals surface area contributed by atoms with Crippen LogP contribution in [0.5, 0.6) is 0 Å². The maximum absolute atomic E-state index is 2.61. The van der Waals surface area contributed by atoms with Gasteiger partial charge in [-0.05, 0) is 93.7 Å². The van der Waals surface area contributed by atoms with Crippen LogP contribution in [0.25, 0.3) is 52.9 Å². The van der Waals surface area contributed by atoms with Crippen molar-refractivity contribution in [2.75, 3.05) is 0 Å². The van der Waals surface area contributed by atoms with Crippen molar-refractivity contribution in [3.63, 3.8) is 0 Å². The zero-order valence-corrected chi connectivity index (χ0v) is 32.4.